The molecule has 182 valence electrons. The number of anilines is 2. The largest absolute Gasteiger partial charge is 0.507 e. The number of alkyl halides is 1. The zero-order valence-corrected chi connectivity index (χ0v) is 20.8. The van der Waals surface area contributed by atoms with E-state index in [-0.39, 0.29) is 17.6 Å². The molecule has 0 saturated carbocycles. The Morgan fingerprint density at radius 1 is 1.11 bits per heavy atom. The van der Waals surface area contributed by atoms with E-state index in [1.807, 2.05) is 63.5 Å². The Kier molecular flexibility index (Phi) is 7.28. The van der Waals surface area contributed by atoms with E-state index in [4.69, 9.17) is 11.6 Å². The summed E-state index contributed by atoms with van der Waals surface area (Å²) in [6, 6.07) is 16.7. The number of aromatic amines is 1. The topological polar surface area (TPSA) is 88.7 Å². The number of aromatic hydroxyl groups is 1. The van der Waals surface area contributed by atoms with E-state index in [1.54, 1.807) is 21.9 Å². The Hall–Kier alpha value is -3.55. The summed E-state index contributed by atoms with van der Waals surface area (Å²) in [6.45, 7) is 2.75. The molecular weight excluding hydrogens is 464 g/mol. The van der Waals surface area contributed by atoms with Crippen molar-refractivity contribution in [2.45, 2.75) is 13.3 Å². The SMILES string of the molecule is CCCl.CN(C)CC(=O)Nc1ccc2[nH]c(C(=O)N3CCc4c3cc(O)c3ccccc43)cc2c1. The highest BCUT2D eigenvalue weighted by Crippen LogP contribution is 2.40. The highest BCUT2D eigenvalue weighted by Gasteiger charge is 2.29. The molecular formula is C27H29ClN4O3. The van der Waals surface area contributed by atoms with Gasteiger partial charge in [-0.1, -0.05) is 31.2 Å². The third kappa shape index (κ3) is 5.11. The van der Waals surface area contributed by atoms with Crippen LogP contribution < -0.4 is 10.2 Å². The van der Waals surface area contributed by atoms with Crippen molar-refractivity contribution in [2.75, 3.05) is 43.3 Å². The van der Waals surface area contributed by atoms with E-state index in [2.05, 4.69) is 10.3 Å². The lowest BCUT2D eigenvalue weighted by Crippen LogP contribution is -2.29. The maximum atomic E-state index is 13.3. The molecule has 1 aliphatic heterocycles. The number of fused-ring (bicyclic) bond motifs is 4. The lowest BCUT2D eigenvalue weighted by molar-refractivity contribution is -0.116. The predicted molar refractivity (Wildman–Crippen MR) is 143 cm³/mol. The van der Waals surface area contributed by atoms with Gasteiger partial charge in [-0.3, -0.25) is 9.59 Å². The van der Waals surface area contributed by atoms with Gasteiger partial charge in [-0.05, 0) is 55.7 Å². The molecule has 1 aromatic heterocycles. The summed E-state index contributed by atoms with van der Waals surface area (Å²) >= 11 is 5.00. The number of nitrogens with one attached hydrogen (secondary N) is 2. The van der Waals surface area contributed by atoms with Crippen molar-refractivity contribution in [3.05, 3.63) is 65.9 Å². The van der Waals surface area contributed by atoms with Crippen LogP contribution in [0.25, 0.3) is 21.7 Å². The number of hydrogen-bond acceptors (Lipinski definition) is 4. The van der Waals surface area contributed by atoms with Gasteiger partial charge in [0.05, 0.1) is 12.2 Å². The molecule has 0 fully saturated rings. The standard InChI is InChI=1S/C25H24N4O3.C2H5Cl/c1-28(2)14-24(31)26-16-7-8-20-15(11-16)12-21(27-20)25(32)29-10-9-18-17-5-3-4-6-19(17)23(30)13-22(18)29;1-2-3/h3-8,11-13,27,30H,9-10,14H2,1-2H3,(H,26,31);2H2,1H3. The van der Waals surface area contributed by atoms with Crippen LogP contribution in [0.15, 0.2) is 54.6 Å². The van der Waals surface area contributed by atoms with E-state index in [0.29, 0.717) is 24.5 Å². The number of rotatable bonds is 4. The van der Waals surface area contributed by atoms with Gasteiger partial charge in [0.2, 0.25) is 5.91 Å². The third-order valence-electron chi connectivity index (χ3n) is 5.83. The number of H-pyrrole nitrogens is 1. The molecule has 7 nitrogen and oxygen atoms in total. The van der Waals surface area contributed by atoms with Gasteiger partial charge in [0.15, 0.2) is 0 Å². The first-order valence-corrected chi connectivity index (χ1v) is 12.0. The fraction of sp³-hybridized carbons (Fsp3) is 0.259. The summed E-state index contributed by atoms with van der Waals surface area (Å²) in [5.41, 5.74) is 3.80. The molecule has 4 aromatic rings. The molecule has 0 unspecified atom stereocenters. The average molecular weight is 493 g/mol. The van der Waals surface area contributed by atoms with Crippen LogP contribution >= 0.6 is 11.6 Å². The molecule has 0 aliphatic carbocycles. The molecule has 35 heavy (non-hydrogen) atoms. The van der Waals surface area contributed by atoms with Gasteiger partial charge in [-0.2, -0.15) is 0 Å². The Bertz CT molecular complexity index is 1400. The van der Waals surface area contributed by atoms with E-state index in [9.17, 15) is 14.7 Å². The summed E-state index contributed by atoms with van der Waals surface area (Å²) in [5.74, 6) is 0.656. The van der Waals surface area contributed by atoms with Crippen molar-refractivity contribution in [1.82, 2.24) is 9.88 Å². The van der Waals surface area contributed by atoms with Crippen molar-refractivity contribution in [2.24, 2.45) is 0 Å². The number of nitrogens with zero attached hydrogens (tertiary/aromatic N) is 2. The van der Waals surface area contributed by atoms with Gasteiger partial charge in [-0.25, -0.2) is 0 Å². The van der Waals surface area contributed by atoms with Crippen LogP contribution in [-0.4, -0.2) is 59.9 Å². The quantitative estimate of drug-likeness (QED) is 0.351. The number of carbonyl (C=O) groups is 2. The molecule has 3 aromatic carbocycles. The lowest BCUT2D eigenvalue weighted by atomic mass is 10.0. The minimum atomic E-state index is -0.146. The van der Waals surface area contributed by atoms with Gasteiger partial charge >= 0.3 is 0 Å². The first kappa shape index (κ1) is 24.6. The van der Waals surface area contributed by atoms with E-state index in [0.717, 1.165) is 45.2 Å². The highest BCUT2D eigenvalue weighted by atomic mass is 35.5. The summed E-state index contributed by atoms with van der Waals surface area (Å²) in [7, 11) is 3.68. The van der Waals surface area contributed by atoms with Crippen molar-refractivity contribution >= 4 is 56.5 Å². The summed E-state index contributed by atoms with van der Waals surface area (Å²) < 4.78 is 0. The number of hydrogen-bond donors (Lipinski definition) is 3. The highest BCUT2D eigenvalue weighted by molar-refractivity contribution is 6.17. The number of halogens is 1. The molecule has 1 aliphatic rings. The molecule has 0 radical (unpaired) electrons. The number of aromatic nitrogens is 1. The molecule has 2 amide bonds. The molecule has 0 atom stereocenters. The van der Waals surface area contributed by atoms with E-state index >= 15 is 0 Å². The van der Waals surface area contributed by atoms with Crippen molar-refractivity contribution < 1.29 is 14.7 Å². The average Bonchev–Trinajstić information content (AvgIpc) is 3.43. The second-order valence-electron chi connectivity index (χ2n) is 8.68. The lowest BCUT2D eigenvalue weighted by Gasteiger charge is -2.17. The fourth-order valence-corrected chi connectivity index (χ4v) is 4.42. The summed E-state index contributed by atoms with van der Waals surface area (Å²) in [5, 5.41) is 16.0. The number of amides is 2. The normalized spacial score (nSPS) is 12.5. The van der Waals surface area contributed by atoms with Crippen LogP contribution in [0.2, 0.25) is 0 Å². The maximum absolute atomic E-state index is 13.3. The van der Waals surface area contributed by atoms with Crippen LogP contribution in [0.1, 0.15) is 23.0 Å². The smallest absolute Gasteiger partial charge is 0.274 e. The van der Waals surface area contributed by atoms with Crippen LogP contribution in [-0.2, 0) is 11.2 Å². The van der Waals surface area contributed by atoms with E-state index in [1.165, 1.54) is 0 Å². The Labute approximate surface area is 209 Å². The van der Waals surface area contributed by atoms with Crippen molar-refractivity contribution in [1.29, 1.82) is 0 Å². The first-order chi connectivity index (χ1) is 16.8. The van der Waals surface area contributed by atoms with Gasteiger partial charge < -0.3 is 25.2 Å². The van der Waals surface area contributed by atoms with Gasteiger partial charge in [0.25, 0.3) is 5.91 Å². The van der Waals surface area contributed by atoms with E-state index < -0.39 is 0 Å². The predicted octanol–water partition coefficient (Wildman–Crippen LogP) is 4.97. The molecule has 0 bridgehead atoms. The Morgan fingerprint density at radius 3 is 2.54 bits per heavy atom. The second-order valence-corrected chi connectivity index (χ2v) is 9.22. The van der Waals surface area contributed by atoms with Crippen molar-refractivity contribution in [3.63, 3.8) is 0 Å². The molecule has 0 spiro atoms. The monoisotopic (exact) mass is 492 g/mol. The third-order valence-corrected chi connectivity index (χ3v) is 5.83. The number of benzene rings is 3. The molecule has 8 heteroatoms. The van der Waals surface area contributed by atoms with Crippen LogP contribution in [0.4, 0.5) is 11.4 Å². The maximum Gasteiger partial charge on any atom is 0.274 e. The molecule has 3 N–H and O–H groups in total. The minimum Gasteiger partial charge on any atom is -0.507 e. The van der Waals surface area contributed by atoms with Crippen LogP contribution in [0, 0.1) is 0 Å². The summed E-state index contributed by atoms with van der Waals surface area (Å²) in [6.07, 6.45) is 0.740. The van der Waals surface area contributed by atoms with Crippen molar-refractivity contribution in [3.8, 4) is 5.75 Å². The minimum absolute atomic E-state index is 0.0955. The molecule has 0 saturated heterocycles. The zero-order chi connectivity index (χ0) is 25.1. The summed E-state index contributed by atoms with van der Waals surface area (Å²) in [4.78, 5) is 32.1. The number of phenols is 1. The molecule has 2 heterocycles. The van der Waals surface area contributed by atoms with Gasteiger partial charge in [0, 0.05) is 40.5 Å². The fourth-order valence-electron chi connectivity index (χ4n) is 4.42. The van der Waals surface area contributed by atoms with Gasteiger partial charge in [0.1, 0.15) is 11.4 Å². The molecule has 5 rings (SSSR count). The van der Waals surface area contributed by atoms with Crippen LogP contribution in [0.3, 0.4) is 0 Å². The van der Waals surface area contributed by atoms with Crippen LogP contribution in [0.5, 0.6) is 5.75 Å². The number of phenolic OH excluding ortho intramolecular Hbond substituents is 1. The zero-order valence-electron chi connectivity index (χ0n) is 20.1. The number of likely N-dealkylation sites (N-methyl/N-ethyl adjacent to an activating group) is 1. The second kappa shape index (κ2) is 10.4. The Morgan fingerprint density at radius 2 is 1.83 bits per heavy atom. The first-order valence-electron chi connectivity index (χ1n) is 11.5. The van der Waals surface area contributed by atoms with Gasteiger partial charge in [-0.15, -0.1) is 11.6 Å². The Balaban J connectivity index is 0.000000917. The number of carbonyl (C=O) groups excluding carboxylic acids is 2.